The molecule has 1 aromatic heterocycles. The number of para-hydroxylation sites is 1. The first-order valence-corrected chi connectivity index (χ1v) is 5.84. The number of ether oxygens (including phenoxy) is 2. The Kier molecular flexibility index (Phi) is 4.07. The quantitative estimate of drug-likeness (QED) is 0.864. The summed E-state index contributed by atoms with van der Waals surface area (Å²) in [5, 5.41) is 13.2. The van der Waals surface area contributed by atoms with Crippen molar-refractivity contribution in [2.24, 2.45) is 0 Å². The van der Waals surface area contributed by atoms with E-state index >= 15 is 0 Å². The van der Waals surface area contributed by atoms with Crippen molar-refractivity contribution in [1.29, 1.82) is 0 Å². The molecule has 5 heteroatoms. The second-order valence-electron chi connectivity index (χ2n) is 3.88. The van der Waals surface area contributed by atoms with Gasteiger partial charge in [0, 0.05) is 18.3 Å². The Morgan fingerprint density at radius 2 is 2.00 bits per heavy atom. The van der Waals surface area contributed by atoms with Crippen molar-refractivity contribution >= 4 is 5.69 Å². The largest absolute Gasteiger partial charge is 0.504 e. The van der Waals surface area contributed by atoms with Crippen LogP contribution in [0.25, 0.3) is 0 Å². The number of aromatic nitrogens is 1. The van der Waals surface area contributed by atoms with E-state index < -0.39 is 0 Å². The van der Waals surface area contributed by atoms with E-state index in [-0.39, 0.29) is 5.75 Å². The Hall–Kier alpha value is -2.43. The van der Waals surface area contributed by atoms with Crippen LogP contribution >= 0.6 is 0 Å². The van der Waals surface area contributed by atoms with E-state index in [1.165, 1.54) is 7.11 Å². The van der Waals surface area contributed by atoms with Gasteiger partial charge >= 0.3 is 0 Å². The van der Waals surface area contributed by atoms with Crippen molar-refractivity contribution in [3.8, 4) is 17.4 Å². The second-order valence-corrected chi connectivity index (χ2v) is 3.88. The first-order chi connectivity index (χ1) is 9.26. The van der Waals surface area contributed by atoms with Crippen molar-refractivity contribution in [1.82, 2.24) is 4.98 Å². The highest BCUT2D eigenvalue weighted by Gasteiger charge is 2.08. The van der Waals surface area contributed by atoms with E-state index in [0.29, 0.717) is 18.2 Å². The molecule has 1 aromatic carbocycles. The van der Waals surface area contributed by atoms with Gasteiger partial charge in [0.1, 0.15) is 0 Å². The number of hydrogen-bond donors (Lipinski definition) is 2. The topological polar surface area (TPSA) is 63.6 Å². The molecule has 0 bridgehead atoms. The highest BCUT2D eigenvalue weighted by atomic mass is 16.5. The third-order valence-corrected chi connectivity index (χ3v) is 2.74. The number of phenolic OH excluding ortho intramolecular Hbond substituents is 1. The number of nitrogens with zero attached hydrogens (tertiary/aromatic N) is 1. The number of nitrogens with one attached hydrogen (secondary N) is 1. The van der Waals surface area contributed by atoms with Crippen molar-refractivity contribution in [2.45, 2.75) is 6.54 Å². The first-order valence-electron chi connectivity index (χ1n) is 5.84. The van der Waals surface area contributed by atoms with Gasteiger partial charge in [-0.3, -0.25) is 0 Å². The molecule has 2 aromatic rings. The van der Waals surface area contributed by atoms with E-state index in [1.54, 1.807) is 19.4 Å². The lowest BCUT2D eigenvalue weighted by molar-refractivity contribution is 0.371. The lowest BCUT2D eigenvalue weighted by Gasteiger charge is -2.12. The Balaban J connectivity index is 2.15. The summed E-state index contributed by atoms with van der Waals surface area (Å²) in [6, 6.07) is 9.05. The van der Waals surface area contributed by atoms with Crippen molar-refractivity contribution < 1.29 is 14.6 Å². The van der Waals surface area contributed by atoms with Gasteiger partial charge < -0.3 is 19.9 Å². The van der Waals surface area contributed by atoms with Crippen LogP contribution in [0.5, 0.6) is 17.4 Å². The van der Waals surface area contributed by atoms with Crippen LogP contribution in [0.4, 0.5) is 5.69 Å². The van der Waals surface area contributed by atoms with Crippen LogP contribution in [-0.4, -0.2) is 24.3 Å². The number of phenols is 1. The number of anilines is 1. The van der Waals surface area contributed by atoms with Crippen LogP contribution < -0.4 is 14.8 Å². The van der Waals surface area contributed by atoms with Gasteiger partial charge in [-0.1, -0.05) is 12.1 Å². The minimum atomic E-state index is 0.139. The summed E-state index contributed by atoms with van der Waals surface area (Å²) in [5.41, 5.74) is 1.51. The van der Waals surface area contributed by atoms with Gasteiger partial charge in [-0.25, -0.2) is 4.98 Å². The summed E-state index contributed by atoms with van der Waals surface area (Å²) < 4.78 is 10.2. The van der Waals surface area contributed by atoms with Crippen LogP contribution in [0, 0.1) is 0 Å². The molecule has 0 amide bonds. The number of pyridine rings is 1. The molecular weight excluding hydrogens is 244 g/mol. The van der Waals surface area contributed by atoms with E-state index in [9.17, 15) is 5.11 Å². The number of hydrogen-bond acceptors (Lipinski definition) is 5. The fraction of sp³-hybridized carbons (Fsp3) is 0.214. The minimum absolute atomic E-state index is 0.139. The maximum Gasteiger partial charge on any atom is 0.237 e. The Bertz CT molecular complexity index is 558. The highest BCUT2D eigenvalue weighted by molar-refractivity contribution is 5.54. The van der Waals surface area contributed by atoms with E-state index in [4.69, 9.17) is 9.47 Å². The zero-order valence-electron chi connectivity index (χ0n) is 10.9. The summed E-state index contributed by atoms with van der Waals surface area (Å²) in [6.07, 6.45) is 1.66. The molecule has 0 aliphatic rings. The van der Waals surface area contributed by atoms with Crippen LogP contribution in [0.15, 0.2) is 36.5 Å². The number of benzene rings is 1. The summed E-state index contributed by atoms with van der Waals surface area (Å²) in [5.74, 6) is 1.11. The summed E-state index contributed by atoms with van der Waals surface area (Å²) >= 11 is 0. The molecule has 5 nitrogen and oxygen atoms in total. The van der Waals surface area contributed by atoms with Gasteiger partial charge in [0.15, 0.2) is 11.5 Å². The molecule has 2 rings (SSSR count). The molecule has 2 N–H and O–H groups in total. The van der Waals surface area contributed by atoms with Crippen molar-refractivity contribution in [3.63, 3.8) is 0 Å². The predicted molar refractivity (Wildman–Crippen MR) is 72.8 cm³/mol. The lowest BCUT2D eigenvalue weighted by Crippen LogP contribution is -2.03. The maximum atomic E-state index is 9.98. The Labute approximate surface area is 111 Å². The molecule has 0 aliphatic heterocycles. The Morgan fingerprint density at radius 3 is 2.74 bits per heavy atom. The molecule has 0 aliphatic carbocycles. The van der Waals surface area contributed by atoms with Gasteiger partial charge in [0.25, 0.3) is 0 Å². The minimum Gasteiger partial charge on any atom is -0.504 e. The van der Waals surface area contributed by atoms with Crippen LogP contribution in [0.3, 0.4) is 0 Å². The number of aromatic hydroxyl groups is 1. The fourth-order valence-electron chi connectivity index (χ4n) is 1.75. The molecule has 0 unspecified atom stereocenters. The zero-order valence-corrected chi connectivity index (χ0v) is 10.9. The first kappa shape index (κ1) is 13.0. The van der Waals surface area contributed by atoms with Crippen LogP contribution in [-0.2, 0) is 6.54 Å². The van der Waals surface area contributed by atoms with Crippen LogP contribution in [0.1, 0.15) is 5.56 Å². The van der Waals surface area contributed by atoms with Gasteiger partial charge in [0.2, 0.25) is 5.88 Å². The van der Waals surface area contributed by atoms with E-state index in [1.807, 2.05) is 24.3 Å². The third-order valence-electron chi connectivity index (χ3n) is 2.74. The van der Waals surface area contributed by atoms with E-state index in [2.05, 4.69) is 10.3 Å². The molecule has 0 atom stereocenters. The maximum absolute atomic E-state index is 9.98. The summed E-state index contributed by atoms with van der Waals surface area (Å²) in [7, 11) is 3.09. The third kappa shape index (κ3) is 2.88. The summed E-state index contributed by atoms with van der Waals surface area (Å²) in [4.78, 5) is 4.09. The normalized spacial score (nSPS) is 10.0. The standard InChI is InChI=1S/C14H16N2O3/c1-18-12-7-3-5-10(13(12)17)9-16-11-6-4-8-15-14(11)19-2/h3-8,16-17H,9H2,1-2H3. The summed E-state index contributed by atoms with van der Waals surface area (Å²) in [6.45, 7) is 0.449. The second kappa shape index (κ2) is 5.95. The average molecular weight is 260 g/mol. The molecule has 0 radical (unpaired) electrons. The number of rotatable bonds is 5. The van der Waals surface area contributed by atoms with Gasteiger partial charge in [-0.05, 0) is 18.2 Å². The molecule has 0 fully saturated rings. The lowest BCUT2D eigenvalue weighted by atomic mass is 10.2. The van der Waals surface area contributed by atoms with Crippen molar-refractivity contribution in [3.05, 3.63) is 42.1 Å². The van der Waals surface area contributed by atoms with Gasteiger partial charge in [-0.15, -0.1) is 0 Å². The SMILES string of the molecule is COc1cccc(CNc2cccnc2OC)c1O. The van der Waals surface area contributed by atoms with Crippen molar-refractivity contribution in [2.75, 3.05) is 19.5 Å². The van der Waals surface area contributed by atoms with Crippen LogP contribution in [0.2, 0.25) is 0 Å². The zero-order chi connectivity index (χ0) is 13.7. The predicted octanol–water partition coefficient (Wildman–Crippen LogP) is 2.42. The van der Waals surface area contributed by atoms with Gasteiger partial charge in [0.05, 0.1) is 19.9 Å². The monoisotopic (exact) mass is 260 g/mol. The molecular formula is C14H16N2O3. The number of methoxy groups -OCH3 is 2. The fourth-order valence-corrected chi connectivity index (χ4v) is 1.75. The van der Waals surface area contributed by atoms with E-state index in [0.717, 1.165) is 11.3 Å². The molecule has 0 saturated carbocycles. The molecule has 0 spiro atoms. The Morgan fingerprint density at radius 1 is 1.16 bits per heavy atom. The molecule has 19 heavy (non-hydrogen) atoms. The van der Waals surface area contributed by atoms with Gasteiger partial charge in [-0.2, -0.15) is 0 Å². The molecule has 100 valence electrons. The highest BCUT2D eigenvalue weighted by Crippen LogP contribution is 2.30. The average Bonchev–Trinajstić information content (AvgIpc) is 2.46. The molecule has 0 saturated heterocycles. The molecule has 1 heterocycles. The smallest absolute Gasteiger partial charge is 0.237 e.